The lowest BCUT2D eigenvalue weighted by Crippen LogP contribution is -2.28. The van der Waals surface area contributed by atoms with Crippen LogP contribution in [-0.4, -0.2) is 26.4 Å². The summed E-state index contributed by atoms with van der Waals surface area (Å²) in [6.45, 7) is 1.72. The van der Waals surface area contributed by atoms with E-state index in [9.17, 15) is 26.4 Å². The molecule has 0 spiro atoms. The third-order valence-electron chi connectivity index (χ3n) is 3.20. The van der Waals surface area contributed by atoms with Gasteiger partial charge in [0.2, 0.25) is 5.91 Å². The summed E-state index contributed by atoms with van der Waals surface area (Å²) in [5.41, 5.74) is -4.75. The van der Waals surface area contributed by atoms with Gasteiger partial charge in [-0.2, -0.15) is 21.6 Å². The van der Waals surface area contributed by atoms with Gasteiger partial charge in [-0.3, -0.25) is 4.79 Å². The van der Waals surface area contributed by atoms with Gasteiger partial charge in [-0.25, -0.2) is 0 Å². The molecule has 5 nitrogen and oxygen atoms in total. The third-order valence-corrected chi connectivity index (χ3v) is 4.18. The lowest BCUT2D eigenvalue weighted by atomic mass is 10.0. The molecule has 0 aliphatic carbocycles. The van der Waals surface area contributed by atoms with Crippen molar-refractivity contribution in [2.24, 2.45) is 0 Å². The molecule has 0 unspecified atom stereocenters. The first kappa shape index (κ1) is 18.1. The lowest BCUT2D eigenvalue weighted by Gasteiger charge is -2.12. The van der Waals surface area contributed by atoms with E-state index in [0.29, 0.717) is 23.7 Å². The average molecular weight is 361 g/mol. The molecular weight excluding hydrogens is 347 g/mol. The van der Waals surface area contributed by atoms with Crippen molar-refractivity contribution in [1.29, 1.82) is 0 Å². The predicted octanol–water partition coefficient (Wildman–Crippen LogP) is 2.75. The zero-order chi connectivity index (χ0) is 18.0. The minimum absolute atomic E-state index is 0.199. The topological polar surface area (TPSA) is 72.5 Å². The van der Waals surface area contributed by atoms with Crippen molar-refractivity contribution in [2.45, 2.75) is 18.9 Å². The van der Waals surface area contributed by atoms with Crippen molar-refractivity contribution in [3.05, 3.63) is 42.0 Å². The average Bonchev–Trinajstić information content (AvgIpc) is 2.45. The number of rotatable bonds is 5. The van der Waals surface area contributed by atoms with Crippen LogP contribution in [0.15, 0.2) is 36.4 Å². The fourth-order valence-electron chi connectivity index (χ4n) is 2.13. The first-order valence-electron chi connectivity index (χ1n) is 6.87. The molecule has 9 heteroatoms. The van der Waals surface area contributed by atoms with E-state index in [1.165, 1.54) is 19.1 Å². The van der Waals surface area contributed by atoms with E-state index in [-0.39, 0.29) is 5.91 Å². The highest BCUT2D eigenvalue weighted by Gasteiger charge is 2.48. The maximum Gasteiger partial charge on any atom is 0.534 e. The maximum atomic E-state index is 12.4. The molecule has 0 saturated carbocycles. The maximum absolute atomic E-state index is 12.4. The molecule has 24 heavy (non-hydrogen) atoms. The second-order valence-corrected chi connectivity index (χ2v) is 6.55. The van der Waals surface area contributed by atoms with Crippen molar-refractivity contribution in [2.75, 3.05) is 6.54 Å². The molecule has 0 bridgehead atoms. The van der Waals surface area contributed by atoms with E-state index in [0.717, 1.165) is 11.6 Å². The molecule has 0 aliphatic rings. The van der Waals surface area contributed by atoms with Crippen molar-refractivity contribution in [1.82, 2.24) is 5.32 Å². The molecule has 0 radical (unpaired) electrons. The molecule has 0 aliphatic heterocycles. The van der Waals surface area contributed by atoms with Gasteiger partial charge in [0.05, 0.1) is 0 Å². The van der Waals surface area contributed by atoms with E-state index in [1.54, 1.807) is 18.2 Å². The van der Waals surface area contributed by atoms with Gasteiger partial charge >= 0.3 is 15.6 Å². The van der Waals surface area contributed by atoms with Crippen LogP contribution in [0, 0.1) is 0 Å². The number of benzene rings is 2. The Morgan fingerprint density at radius 3 is 2.54 bits per heavy atom. The molecule has 1 N–H and O–H groups in total. The number of alkyl halides is 3. The molecule has 1 amide bonds. The minimum atomic E-state index is -5.72. The van der Waals surface area contributed by atoms with Crippen molar-refractivity contribution in [3.8, 4) is 5.75 Å². The van der Waals surface area contributed by atoms with Crippen molar-refractivity contribution in [3.63, 3.8) is 0 Å². The van der Waals surface area contributed by atoms with Crippen LogP contribution in [0.5, 0.6) is 5.75 Å². The van der Waals surface area contributed by atoms with Crippen LogP contribution in [-0.2, 0) is 21.3 Å². The monoisotopic (exact) mass is 361 g/mol. The number of nitrogens with one attached hydrogen (secondary N) is 1. The largest absolute Gasteiger partial charge is 0.534 e. The third kappa shape index (κ3) is 4.16. The van der Waals surface area contributed by atoms with Gasteiger partial charge in [-0.15, -0.1) is 0 Å². The van der Waals surface area contributed by atoms with Crippen LogP contribution in [0.3, 0.4) is 0 Å². The molecule has 2 rings (SSSR count). The zero-order valence-corrected chi connectivity index (χ0v) is 13.4. The summed E-state index contributed by atoms with van der Waals surface area (Å²) >= 11 is 0. The number of carbonyl (C=O) groups excluding carboxylic acids is 1. The molecule has 0 fully saturated rings. The molecule has 130 valence electrons. The summed E-state index contributed by atoms with van der Waals surface area (Å²) in [4.78, 5) is 10.9. The summed E-state index contributed by atoms with van der Waals surface area (Å²) in [5.74, 6) is -0.623. The number of amides is 1. The van der Waals surface area contributed by atoms with Crippen LogP contribution < -0.4 is 9.50 Å². The molecule has 2 aromatic carbocycles. The van der Waals surface area contributed by atoms with E-state index in [1.807, 2.05) is 0 Å². The predicted molar refractivity (Wildman–Crippen MR) is 81.9 cm³/mol. The van der Waals surface area contributed by atoms with Crippen LogP contribution in [0.1, 0.15) is 12.5 Å². The summed E-state index contributed by atoms with van der Waals surface area (Å²) in [6.07, 6.45) is 0.437. The van der Waals surface area contributed by atoms with Gasteiger partial charge in [0.1, 0.15) is 5.75 Å². The fraction of sp³-hybridized carbons (Fsp3) is 0.267. The lowest BCUT2D eigenvalue weighted by molar-refractivity contribution is -0.118. The highest BCUT2D eigenvalue weighted by atomic mass is 32.2. The highest BCUT2D eigenvalue weighted by Crippen LogP contribution is 2.30. The second-order valence-electron chi connectivity index (χ2n) is 5.02. The Labute approximate surface area is 136 Å². The smallest absolute Gasteiger partial charge is 0.376 e. The van der Waals surface area contributed by atoms with Gasteiger partial charge in [0, 0.05) is 13.5 Å². The number of fused-ring (bicyclic) bond motifs is 1. The number of hydrogen-bond donors (Lipinski definition) is 1. The number of hydrogen-bond acceptors (Lipinski definition) is 4. The quantitative estimate of drug-likeness (QED) is 0.657. The van der Waals surface area contributed by atoms with Gasteiger partial charge < -0.3 is 9.50 Å². The number of halogens is 3. The summed E-state index contributed by atoms with van der Waals surface area (Å²) in [6, 6.07) is 9.10. The Kier molecular flexibility index (Phi) is 5.02. The molecule has 2 aromatic rings. The highest BCUT2D eigenvalue weighted by molar-refractivity contribution is 7.88. The Morgan fingerprint density at radius 1 is 1.21 bits per heavy atom. The molecule has 0 saturated heterocycles. The van der Waals surface area contributed by atoms with Gasteiger partial charge in [0.15, 0.2) is 0 Å². The SMILES string of the molecule is CC(=O)NCCc1cccc2ccc(OS(=O)(=O)C(F)(F)F)cc12. The molecule has 0 aromatic heterocycles. The van der Waals surface area contributed by atoms with E-state index in [4.69, 9.17) is 0 Å². The first-order valence-corrected chi connectivity index (χ1v) is 8.28. The minimum Gasteiger partial charge on any atom is -0.376 e. The molecule has 0 heterocycles. The van der Waals surface area contributed by atoms with Gasteiger partial charge in [0.25, 0.3) is 0 Å². The number of carbonyl (C=O) groups is 1. The first-order chi connectivity index (χ1) is 11.1. The summed E-state index contributed by atoms with van der Waals surface area (Å²) < 4.78 is 63.5. The molecule has 0 atom stereocenters. The standard InChI is InChI=1S/C15H14F3NO4S/c1-10(20)19-8-7-12-4-2-3-11-5-6-13(9-14(11)12)23-24(21,22)15(16,17)18/h2-6,9H,7-8H2,1H3,(H,19,20). The summed E-state index contributed by atoms with van der Waals surface area (Å²) in [5, 5.41) is 3.88. The van der Waals surface area contributed by atoms with Crippen molar-refractivity contribution >= 4 is 26.8 Å². The normalized spacial score (nSPS) is 12.2. The van der Waals surface area contributed by atoms with Crippen molar-refractivity contribution < 1.29 is 30.6 Å². The van der Waals surface area contributed by atoms with Crippen LogP contribution in [0.25, 0.3) is 10.8 Å². The van der Waals surface area contributed by atoms with Crippen LogP contribution in [0.2, 0.25) is 0 Å². The van der Waals surface area contributed by atoms with E-state index >= 15 is 0 Å². The van der Waals surface area contributed by atoms with Gasteiger partial charge in [-0.1, -0.05) is 24.3 Å². The molecular formula is C15H14F3NO4S. The van der Waals surface area contributed by atoms with Gasteiger partial charge in [-0.05, 0) is 34.9 Å². The van der Waals surface area contributed by atoms with Crippen LogP contribution in [0.4, 0.5) is 13.2 Å². The Hall–Kier alpha value is -2.29. The van der Waals surface area contributed by atoms with Crippen LogP contribution >= 0.6 is 0 Å². The Bertz CT molecular complexity index is 863. The van der Waals surface area contributed by atoms with E-state index in [2.05, 4.69) is 9.50 Å². The summed E-state index contributed by atoms with van der Waals surface area (Å²) in [7, 11) is -5.72. The van der Waals surface area contributed by atoms with E-state index < -0.39 is 21.4 Å². The second kappa shape index (κ2) is 6.68. The fourth-order valence-corrected chi connectivity index (χ4v) is 2.59. The zero-order valence-electron chi connectivity index (χ0n) is 12.6. The Morgan fingerprint density at radius 2 is 1.92 bits per heavy atom. The Balaban J connectivity index is 2.33.